The van der Waals surface area contributed by atoms with E-state index in [4.69, 9.17) is 5.11 Å². The Morgan fingerprint density at radius 2 is 1.96 bits per heavy atom. The highest BCUT2D eigenvalue weighted by atomic mass is 19.4. The standard InChI is InChI=1S/C13H11F5N2O3/c14-9(15)8-7(10(21)22)3-6(4-19-8)5-20-11(23)12(1-2-12)13(16,17)18/h3-4,9H,1-2,5H2,(H,20,23)(H,21,22). The van der Waals surface area contributed by atoms with E-state index in [-0.39, 0.29) is 18.4 Å². The number of aromatic nitrogens is 1. The van der Waals surface area contributed by atoms with Crippen LogP contribution in [0.3, 0.4) is 0 Å². The molecule has 1 aromatic heterocycles. The molecule has 0 radical (unpaired) electrons. The Morgan fingerprint density at radius 1 is 1.35 bits per heavy atom. The summed E-state index contributed by atoms with van der Waals surface area (Å²) in [4.78, 5) is 25.9. The van der Waals surface area contributed by atoms with E-state index in [9.17, 15) is 31.5 Å². The van der Waals surface area contributed by atoms with Crippen LogP contribution in [0.25, 0.3) is 0 Å². The monoisotopic (exact) mass is 338 g/mol. The molecular weight excluding hydrogens is 327 g/mol. The third-order valence-corrected chi connectivity index (χ3v) is 3.59. The van der Waals surface area contributed by atoms with Gasteiger partial charge in [-0.1, -0.05) is 0 Å². The van der Waals surface area contributed by atoms with Crippen molar-refractivity contribution >= 4 is 11.9 Å². The van der Waals surface area contributed by atoms with E-state index in [1.165, 1.54) is 0 Å². The molecule has 0 unspecified atom stereocenters. The smallest absolute Gasteiger partial charge is 0.403 e. The zero-order chi connectivity index (χ0) is 17.4. The van der Waals surface area contributed by atoms with Crippen LogP contribution in [0.15, 0.2) is 12.3 Å². The molecule has 0 bridgehead atoms. The molecule has 1 saturated carbocycles. The average molecular weight is 338 g/mol. The highest BCUT2D eigenvalue weighted by Crippen LogP contribution is 2.57. The number of nitrogens with zero attached hydrogens (tertiary/aromatic N) is 1. The molecule has 1 aromatic rings. The molecule has 1 aliphatic carbocycles. The number of nitrogens with one attached hydrogen (secondary N) is 1. The first-order valence-corrected chi connectivity index (χ1v) is 6.44. The van der Waals surface area contributed by atoms with Gasteiger partial charge in [0.1, 0.15) is 11.1 Å². The van der Waals surface area contributed by atoms with Gasteiger partial charge in [-0.15, -0.1) is 0 Å². The number of carbonyl (C=O) groups excluding carboxylic acids is 1. The van der Waals surface area contributed by atoms with Crippen LogP contribution in [0.5, 0.6) is 0 Å². The van der Waals surface area contributed by atoms with Crippen molar-refractivity contribution in [2.45, 2.75) is 32.0 Å². The van der Waals surface area contributed by atoms with Crippen LogP contribution < -0.4 is 5.32 Å². The second-order valence-corrected chi connectivity index (χ2v) is 5.14. The van der Waals surface area contributed by atoms with E-state index < -0.39 is 47.7 Å². The fraction of sp³-hybridized carbons (Fsp3) is 0.462. The minimum atomic E-state index is -4.67. The molecule has 1 fully saturated rings. The van der Waals surface area contributed by atoms with Crippen molar-refractivity contribution in [2.24, 2.45) is 5.41 Å². The van der Waals surface area contributed by atoms with Crippen molar-refractivity contribution in [2.75, 3.05) is 0 Å². The minimum Gasteiger partial charge on any atom is -0.478 e. The van der Waals surface area contributed by atoms with Gasteiger partial charge in [0.05, 0.1) is 5.56 Å². The number of halogens is 5. The topological polar surface area (TPSA) is 79.3 Å². The molecule has 23 heavy (non-hydrogen) atoms. The zero-order valence-corrected chi connectivity index (χ0v) is 11.5. The second-order valence-electron chi connectivity index (χ2n) is 5.14. The van der Waals surface area contributed by atoms with Crippen LogP contribution >= 0.6 is 0 Å². The van der Waals surface area contributed by atoms with Gasteiger partial charge >= 0.3 is 12.1 Å². The average Bonchev–Trinajstić information content (AvgIpc) is 3.25. The van der Waals surface area contributed by atoms with Gasteiger partial charge in [-0.3, -0.25) is 9.78 Å². The van der Waals surface area contributed by atoms with Gasteiger partial charge in [-0.2, -0.15) is 13.2 Å². The highest BCUT2D eigenvalue weighted by molar-refractivity contribution is 5.89. The lowest BCUT2D eigenvalue weighted by Gasteiger charge is -2.18. The Hall–Kier alpha value is -2.26. The lowest BCUT2D eigenvalue weighted by Crippen LogP contribution is -2.40. The van der Waals surface area contributed by atoms with Crippen LogP contribution in [-0.2, 0) is 11.3 Å². The molecule has 10 heteroatoms. The highest BCUT2D eigenvalue weighted by Gasteiger charge is 2.68. The molecule has 0 aromatic carbocycles. The third-order valence-electron chi connectivity index (χ3n) is 3.59. The predicted octanol–water partition coefficient (Wildman–Crippen LogP) is 2.68. The molecule has 0 spiro atoms. The lowest BCUT2D eigenvalue weighted by molar-refractivity contribution is -0.192. The summed E-state index contributed by atoms with van der Waals surface area (Å²) in [6.45, 7) is -0.437. The van der Waals surface area contributed by atoms with Crippen LogP contribution in [-0.4, -0.2) is 28.1 Å². The number of carboxylic acids is 1. The molecule has 1 aliphatic rings. The van der Waals surface area contributed by atoms with Crippen molar-refractivity contribution < 1.29 is 36.6 Å². The number of hydrogen-bond donors (Lipinski definition) is 2. The largest absolute Gasteiger partial charge is 0.478 e. The minimum absolute atomic E-state index is 0.0122. The summed E-state index contributed by atoms with van der Waals surface area (Å²) in [5, 5.41) is 10.9. The Kier molecular flexibility index (Phi) is 4.27. The van der Waals surface area contributed by atoms with Crippen molar-refractivity contribution in [1.29, 1.82) is 0 Å². The summed E-state index contributed by atoms with van der Waals surface area (Å²) in [5.41, 5.74) is -4.10. The lowest BCUT2D eigenvalue weighted by atomic mass is 10.1. The molecule has 2 rings (SSSR count). The van der Waals surface area contributed by atoms with E-state index in [1.54, 1.807) is 0 Å². The molecule has 2 N–H and O–H groups in total. The van der Waals surface area contributed by atoms with Crippen LogP contribution in [0.2, 0.25) is 0 Å². The number of hydrogen-bond acceptors (Lipinski definition) is 3. The number of amides is 1. The van der Waals surface area contributed by atoms with Gasteiger partial charge in [0.15, 0.2) is 0 Å². The Bertz CT molecular complexity index is 641. The summed E-state index contributed by atoms with van der Waals surface area (Å²) in [7, 11) is 0. The fourth-order valence-corrected chi connectivity index (χ4v) is 2.08. The molecule has 1 heterocycles. The quantitative estimate of drug-likeness (QED) is 0.809. The number of rotatable bonds is 5. The summed E-state index contributed by atoms with van der Waals surface area (Å²) >= 11 is 0. The first-order chi connectivity index (χ1) is 10.6. The first-order valence-electron chi connectivity index (χ1n) is 6.44. The third kappa shape index (κ3) is 3.25. The van der Waals surface area contributed by atoms with Gasteiger partial charge in [-0.05, 0) is 24.5 Å². The number of carbonyl (C=O) groups is 2. The second kappa shape index (κ2) is 5.74. The Balaban J connectivity index is 2.11. The van der Waals surface area contributed by atoms with Crippen molar-refractivity contribution in [3.8, 4) is 0 Å². The van der Waals surface area contributed by atoms with Crippen LogP contribution in [0, 0.1) is 5.41 Å². The van der Waals surface area contributed by atoms with Gasteiger partial charge in [-0.25, -0.2) is 13.6 Å². The SMILES string of the molecule is O=C(O)c1cc(CNC(=O)C2(C(F)(F)F)CC2)cnc1C(F)F. The fourth-order valence-electron chi connectivity index (χ4n) is 2.08. The van der Waals surface area contributed by atoms with Gasteiger partial charge in [0, 0.05) is 12.7 Å². The van der Waals surface area contributed by atoms with Gasteiger partial charge in [0.25, 0.3) is 6.43 Å². The maximum Gasteiger partial charge on any atom is 0.403 e. The number of aromatic carboxylic acids is 1. The van der Waals surface area contributed by atoms with E-state index in [1.807, 2.05) is 5.32 Å². The normalized spacial score (nSPS) is 16.3. The zero-order valence-electron chi connectivity index (χ0n) is 11.5. The number of alkyl halides is 5. The van der Waals surface area contributed by atoms with Crippen molar-refractivity contribution in [3.63, 3.8) is 0 Å². The van der Waals surface area contributed by atoms with E-state index >= 15 is 0 Å². The summed E-state index contributed by atoms with van der Waals surface area (Å²) in [5.74, 6) is -2.87. The van der Waals surface area contributed by atoms with Gasteiger partial charge in [0.2, 0.25) is 5.91 Å². The molecule has 1 amide bonds. The maximum absolute atomic E-state index is 12.7. The first kappa shape index (κ1) is 17.1. The Labute approximate surface area is 126 Å². The summed E-state index contributed by atoms with van der Waals surface area (Å²) < 4.78 is 63.5. The molecule has 0 saturated heterocycles. The molecule has 5 nitrogen and oxygen atoms in total. The molecule has 0 atom stereocenters. The van der Waals surface area contributed by atoms with E-state index in [2.05, 4.69) is 4.98 Å². The molecule has 0 aliphatic heterocycles. The van der Waals surface area contributed by atoms with Crippen molar-refractivity contribution in [1.82, 2.24) is 10.3 Å². The number of carboxylic acid groups (broad SMARTS) is 1. The summed E-state index contributed by atoms with van der Waals surface area (Å²) in [6.07, 6.45) is -7.51. The molecule has 126 valence electrons. The maximum atomic E-state index is 12.7. The van der Waals surface area contributed by atoms with E-state index in [0.29, 0.717) is 0 Å². The van der Waals surface area contributed by atoms with Crippen LogP contribution in [0.1, 0.15) is 40.9 Å². The Morgan fingerprint density at radius 3 is 2.39 bits per heavy atom. The summed E-state index contributed by atoms with van der Waals surface area (Å²) in [6, 6.07) is 0.851. The number of pyridine rings is 1. The predicted molar refractivity (Wildman–Crippen MR) is 65.7 cm³/mol. The van der Waals surface area contributed by atoms with Gasteiger partial charge < -0.3 is 10.4 Å². The van der Waals surface area contributed by atoms with Crippen LogP contribution in [0.4, 0.5) is 22.0 Å². The van der Waals surface area contributed by atoms with E-state index in [0.717, 1.165) is 12.3 Å². The van der Waals surface area contributed by atoms with Crippen molar-refractivity contribution in [3.05, 3.63) is 29.1 Å². The molecular formula is C13H11F5N2O3.